The molecule has 3 aromatic rings. The van der Waals surface area contributed by atoms with Crippen LogP contribution in [-0.2, 0) is 9.47 Å². The van der Waals surface area contributed by atoms with Crippen LogP contribution >= 0.6 is 0 Å². The summed E-state index contributed by atoms with van der Waals surface area (Å²) in [4.78, 5) is 14.6. The summed E-state index contributed by atoms with van der Waals surface area (Å²) in [6.07, 6.45) is 3.71. The maximum Gasteiger partial charge on any atom is 0.411 e. The number of nitriles is 1. The summed E-state index contributed by atoms with van der Waals surface area (Å²) >= 11 is 0. The van der Waals surface area contributed by atoms with Crippen molar-refractivity contribution in [3.63, 3.8) is 0 Å². The first-order chi connectivity index (χ1) is 18.2. The van der Waals surface area contributed by atoms with E-state index >= 15 is 0 Å². The normalized spacial score (nSPS) is 16.2. The number of carbonyl (C=O) groups is 1. The summed E-state index contributed by atoms with van der Waals surface area (Å²) in [6.45, 7) is 7.23. The third-order valence-corrected chi connectivity index (χ3v) is 7.20. The van der Waals surface area contributed by atoms with E-state index < -0.39 is 6.09 Å². The Morgan fingerprint density at radius 1 is 1.16 bits per heavy atom. The van der Waals surface area contributed by atoms with E-state index in [9.17, 15) is 10.1 Å². The molecule has 0 spiro atoms. The molecule has 1 saturated carbocycles. The number of hydrogen-bond acceptors (Lipinski definition) is 6. The molecule has 1 aliphatic heterocycles. The fourth-order valence-electron chi connectivity index (χ4n) is 5.11. The van der Waals surface area contributed by atoms with Crippen molar-refractivity contribution < 1.29 is 19.0 Å². The molecule has 8 heteroatoms. The van der Waals surface area contributed by atoms with E-state index in [0.29, 0.717) is 30.5 Å². The van der Waals surface area contributed by atoms with E-state index in [0.717, 1.165) is 80.0 Å². The van der Waals surface area contributed by atoms with Gasteiger partial charge in [-0.3, -0.25) is 10.2 Å². The molecule has 2 heterocycles. The van der Waals surface area contributed by atoms with Gasteiger partial charge < -0.3 is 18.8 Å². The van der Waals surface area contributed by atoms with E-state index in [1.54, 1.807) is 0 Å². The second-order valence-electron chi connectivity index (χ2n) is 9.55. The van der Waals surface area contributed by atoms with Crippen molar-refractivity contribution in [3.8, 4) is 23.1 Å². The lowest BCUT2D eigenvalue weighted by molar-refractivity contribution is 0.0348. The van der Waals surface area contributed by atoms with Crippen molar-refractivity contribution >= 4 is 22.7 Å². The Kier molecular flexibility index (Phi) is 7.93. The lowest BCUT2D eigenvalue weighted by Gasteiger charge is -2.30. The Hall–Kier alpha value is -3.54. The number of anilines is 1. The van der Waals surface area contributed by atoms with Gasteiger partial charge in [-0.1, -0.05) is 12.1 Å². The number of amides is 1. The number of nitrogens with one attached hydrogen (secondary N) is 1. The number of carbonyl (C=O) groups excluding carboxylic acids is 1. The monoisotopic (exact) mass is 502 g/mol. The Balaban J connectivity index is 1.30. The highest BCUT2D eigenvalue weighted by molar-refractivity contribution is 5.96. The molecule has 0 unspecified atom stereocenters. The van der Waals surface area contributed by atoms with E-state index in [2.05, 4.69) is 20.9 Å². The van der Waals surface area contributed by atoms with Gasteiger partial charge in [0, 0.05) is 42.8 Å². The minimum absolute atomic E-state index is 0.363. The summed E-state index contributed by atoms with van der Waals surface area (Å²) in [6, 6.07) is 16.4. The standard InChI is InChI=1S/C29H34N4O4/c1-2-36-24-11-12-25-26(20-30)28(33(27(25)19-24)23-5-3-6-23)21-7-9-22(10-8-21)31-29(34)37-16-4-13-32-14-17-35-18-15-32/h7-12,19,23H,2-6,13-18H2,1H3,(H,31,34). The zero-order chi connectivity index (χ0) is 25.6. The smallest absolute Gasteiger partial charge is 0.411 e. The average Bonchev–Trinajstić information content (AvgIpc) is 3.20. The number of nitrogens with zero attached hydrogens (tertiary/aromatic N) is 3. The van der Waals surface area contributed by atoms with Gasteiger partial charge in [-0.2, -0.15) is 5.26 Å². The first-order valence-corrected chi connectivity index (χ1v) is 13.2. The number of aromatic nitrogens is 1. The van der Waals surface area contributed by atoms with Crippen molar-refractivity contribution in [2.75, 3.05) is 51.4 Å². The summed E-state index contributed by atoms with van der Waals surface area (Å²) in [5.41, 5.74) is 4.23. The molecule has 1 aromatic heterocycles. The minimum Gasteiger partial charge on any atom is -0.494 e. The lowest BCUT2D eigenvalue weighted by Crippen LogP contribution is -2.37. The Morgan fingerprint density at radius 3 is 2.62 bits per heavy atom. The van der Waals surface area contributed by atoms with E-state index in [1.165, 1.54) is 6.42 Å². The molecular weight excluding hydrogens is 468 g/mol. The van der Waals surface area contributed by atoms with Crippen LogP contribution in [0.1, 0.15) is 44.2 Å². The number of rotatable bonds is 9. The lowest BCUT2D eigenvalue weighted by atomic mass is 9.92. The predicted octanol–water partition coefficient (Wildman–Crippen LogP) is 5.57. The summed E-state index contributed by atoms with van der Waals surface area (Å²) in [7, 11) is 0. The first-order valence-electron chi connectivity index (χ1n) is 13.2. The maximum absolute atomic E-state index is 12.3. The van der Waals surface area contributed by atoms with E-state index in [-0.39, 0.29) is 0 Å². The van der Waals surface area contributed by atoms with Gasteiger partial charge in [-0.05, 0) is 62.4 Å². The molecule has 0 radical (unpaired) electrons. The molecule has 2 fully saturated rings. The van der Waals surface area contributed by atoms with Gasteiger partial charge in [-0.15, -0.1) is 0 Å². The largest absolute Gasteiger partial charge is 0.494 e. The Bertz CT molecular complexity index is 1270. The molecule has 2 aliphatic rings. The zero-order valence-electron chi connectivity index (χ0n) is 21.4. The summed E-state index contributed by atoms with van der Waals surface area (Å²) in [5, 5.41) is 13.9. The Morgan fingerprint density at radius 2 is 1.95 bits per heavy atom. The number of morpholine rings is 1. The predicted molar refractivity (Wildman–Crippen MR) is 143 cm³/mol. The van der Waals surface area contributed by atoms with Gasteiger partial charge in [0.25, 0.3) is 0 Å². The Labute approximate surface area is 217 Å². The topological polar surface area (TPSA) is 88.8 Å². The molecule has 37 heavy (non-hydrogen) atoms. The van der Waals surface area contributed by atoms with Crippen LogP contribution in [0.2, 0.25) is 0 Å². The van der Waals surface area contributed by atoms with Gasteiger partial charge in [0.2, 0.25) is 0 Å². The molecule has 2 aromatic carbocycles. The number of benzene rings is 2. The number of fused-ring (bicyclic) bond motifs is 1. The summed E-state index contributed by atoms with van der Waals surface area (Å²) in [5.74, 6) is 0.812. The highest BCUT2D eigenvalue weighted by atomic mass is 16.5. The van der Waals surface area contributed by atoms with Crippen LogP contribution in [0.5, 0.6) is 5.75 Å². The van der Waals surface area contributed by atoms with Crippen molar-refractivity contribution in [1.82, 2.24) is 9.47 Å². The third-order valence-electron chi connectivity index (χ3n) is 7.20. The van der Waals surface area contributed by atoms with E-state index in [4.69, 9.17) is 14.2 Å². The molecular formula is C29H34N4O4. The van der Waals surface area contributed by atoms with Crippen molar-refractivity contribution in [2.24, 2.45) is 0 Å². The highest BCUT2D eigenvalue weighted by Gasteiger charge is 2.28. The molecule has 5 rings (SSSR count). The molecule has 0 atom stereocenters. The van der Waals surface area contributed by atoms with Crippen LogP contribution in [-0.4, -0.2) is 61.6 Å². The molecule has 0 bridgehead atoms. The van der Waals surface area contributed by atoms with Gasteiger partial charge in [0.1, 0.15) is 11.8 Å². The SMILES string of the molecule is CCOc1ccc2c(C#N)c(-c3ccc(NC(=O)OCCCN4CCOCC4)cc3)n(C3CCC3)c2c1. The number of hydrogen-bond donors (Lipinski definition) is 1. The molecule has 1 N–H and O–H groups in total. The van der Waals surface area contributed by atoms with Crippen molar-refractivity contribution in [3.05, 3.63) is 48.0 Å². The van der Waals surface area contributed by atoms with Crippen LogP contribution in [0.4, 0.5) is 10.5 Å². The third kappa shape index (κ3) is 5.58. The molecule has 1 aliphatic carbocycles. The average molecular weight is 503 g/mol. The van der Waals surface area contributed by atoms with Crippen LogP contribution in [0, 0.1) is 11.3 Å². The van der Waals surface area contributed by atoms with Crippen LogP contribution in [0.15, 0.2) is 42.5 Å². The molecule has 8 nitrogen and oxygen atoms in total. The first kappa shape index (κ1) is 25.1. The second-order valence-corrected chi connectivity index (χ2v) is 9.55. The summed E-state index contributed by atoms with van der Waals surface area (Å²) < 4.78 is 18.8. The molecule has 1 saturated heterocycles. The molecule has 194 valence electrons. The zero-order valence-corrected chi connectivity index (χ0v) is 21.4. The maximum atomic E-state index is 12.3. The number of ether oxygens (including phenoxy) is 3. The van der Waals surface area contributed by atoms with Crippen LogP contribution < -0.4 is 10.1 Å². The van der Waals surface area contributed by atoms with Crippen molar-refractivity contribution in [2.45, 2.75) is 38.6 Å². The minimum atomic E-state index is -0.459. The molecule has 1 amide bonds. The fraction of sp³-hybridized carbons (Fsp3) is 0.448. The highest BCUT2D eigenvalue weighted by Crippen LogP contribution is 2.43. The van der Waals surface area contributed by atoms with Crippen LogP contribution in [0.25, 0.3) is 22.2 Å². The quantitative estimate of drug-likeness (QED) is 0.385. The van der Waals surface area contributed by atoms with E-state index in [1.807, 2.05) is 49.4 Å². The van der Waals surface area contributed by atoms with Gasteiger partial charge in [0.05, 0.1) is 43.2 Å². The van der Waals surface area contributed by atoms with Gasteiger partial charge >= 0.3 is 6.09 Å². The van der Waals surface area contributed by atoms with Crippen molar-refractivity contribution in [1.29, 1.82) is 5.26 Å². The fourth-order valence-corrected chi connectivity index (χ4v) is 5.11. The second kappa shape index (κ2) is 11.7. The van der Waals surface area contributed by atoms with Gasteiger partial charge in [-0.25, -0.2) is 4.79 Å². The van der Waals surface area contributed by atoms with Crippen LogP contribution in [0.3, 0.4) is 0 Å². The van der Waals surface area contributed by atoms with Gasteiger partial charge in [0.15, 0.2) is 0 Å².